The number of nitrogen functional groups attached to an aromatic ring is 1. The molecule has 6 heteroatoms. The minimum Gasteiger partial charge on any atom is -0.397 e. The predicted octanol–water partition coefficient (Wildman–Crippen LogP) is 3.06. The Kier molecular flexibility index (Phi) is 3.38. The number of halogens is 2. The quantitative estimate of drug-likeness (QED) is 0.797. The molecule has 1 amide bonds. The third-order valence-electron chi connectivity index (χ3n) is 2.47. The van der Waals surface area contributed by atoms with Crippen molar-refractivity contribution in [1.29, 1.82) is 0 Å². The van der Waals surface area contributed by atoms with E-state index in [0.717, 1.165) is 5.56 Å². The third-order valence-corrected chi connectivity index (χ3v) is 3.07. The molecule has 1 aromatic heterocycles. The summed E-state index contributed by atoms with van der Waals surface area (Å²) >= 11 is 3.08. The van der Waals surface area contributed by atoms with Crippen LogP contribution in [0.25, 0.3) is 0 Å². The topological polar surface area (TPSA) is 70.9 Å². The van der Waals surface area contributed by atoms with Crippen molar-refractivity contribution in [3.8, 4) is 0 Å². The van der Waals surface area contributed by atoms with E-state index in [-0.39, 0.29) is 5.91 Å². The van der Waals surface area contributed by atoms with Crippen LogP contribution in [0.4, 0.5) is 15.8 Å². The van der Waals surface area contributed by atoms with Crippen LogP contribution in [0, 0.1) is 12.7 Å². The minimum atomic E-state index is -0.429. The number of carbonyl (C=O) groups is 1. The second kappa shape index (κ2) is 4.81. The van der Waals surface area contributed by atoms with E-state index >= 15 is 0 Å². The number of hydrogen-bond acceptors (Lipinski definition) is 2. The van der Waals surface area contributed by atoms with Crippen LogP contribution in [0.15, 0.2) is 28.9 Å². The number of nitrogens with one attached hydrogen (secondary N) is 2. The van der Waals surface area contributed by atoms with E-state index in [1.165, 1.54) is 18.3 Å². The van der Waals surface area contributed by atoms with E-state index in [1.54, 1.807) is 13.0 Å². The molecule has 18 heavy (non-hydrogen) atoms. The standard InChI is InChI=1S/C12H11BrFN3O/c1-6-2-8(13)9(14)4-10(6)17-12(18)11-3-7(15)5-16-11/h2-5,16H,15H2,1H3,(H,17,18). The lowest BCUT2D eigenvalue weighted by atomic mass is 10.2. The first-order valence-corrected chi connectivity index (χ1v) is 5.97. The largest absolute Gasteiger partial charge is 0.397 e. The van der Waals surface area contributed by atoms with Gasteiger partial charge in [-0.15, -0.1) is 0 Å². The van der Waals surface area contributed by atoms with Gasteiger partial charge in [0.15, 0.2) is 0 Å². The van der Waals surface area contributed by atoms with Crippen LogP contribution in [-0.2, 0) is 0 Å². The number of amides is 1. The van der Waals surface area contributed by atoms with Gasteiger partial charge in [-0.3, -0.25) is 4.79 Å². The van der Waals surface area contributed by atoms with Gasteiger partial charge >= 0.3 is 0 Å². The monoisotopic (exact) mass is 311 g/mol. The highest BCUT2D eigenvalue weighted by atomic mass is 79.9. The van der Waals surface area contributed by atoms with Gasteiger partial charge in [-0.2, -0.15) is 0 Å². The molecule has 2 aromatic rings. The van der Waals surface area contributed by atoms with Gasteiger partial charge in [0.05, 0.1) is 4.47 Å². The summed E-state index contributed by atoms with van der Waals surface area (Å²) in [6.45, 7) is 1.78. The molecule has 0 aliphatic heterocycles. The van der Waals surface area contributed by atoms with Crippen molar-refractivity contribution in [2.45, 2.75) is 6.92 Å². The van der Waals surface area contributed by atoms with Gasteiger partial charge in [0, 0.05) is 17.6 Å². The Morgan fingerprint density at radius 2 is 2.17 bits per heavy atom. The maximum Gasteiger partial charge on any atom is 0.272 e. The molecule has 0 aliphatic carbocycles. The summed E-state index contributed by atoms with van der Waals surface area (Å²) in [5.41, 5.74) is 7.49. The molecular weight excluding hydrogens is 301 g/mol. The maximum atomic E-state index is 13.4. The molecule has 0 radical (unpaired) electrons. The van der Waals surface area contributed by atoms with Gasteiger partial charge in [0.2, 0.25) is 0 Å². The SMILES string of the molecule is Cc1cc(Br)c(F)cc1NC(=O)c1cc(N)c[nH]1. The van der Waals surface area contributed by atoms with Crippen LogP contribution in [0.2, 0.25) is 0 Å². The molecule has 4 N–H and O–H groups in total. The first kappa shape index (κ1) is 12.6. The zero-order valence-electron chi connectivity index (χ0n) is 9.55. The Bertz CT molecular complexity index is 609. The van der Waals surface area contributed by atoms with Crippen molar-refractivity contribution < 1.29 is 9.18 Å². The van der Waals surface area contributed by atoms with Crippen LogP contribution < -0.4 is 11.1 Å². The van der Waals surface area contributed by atoms with Gasteiger partial charge in [-0.25, -0.2) is 4.39 Å². The highest BCUT2D eigenvalue weighted by molar-refractivity contribution is 9.10. The van der Waals surface area contributed by atoms with E-state index in [9.17, 15) is 9.18 Å². The number of nitrogens with two attached hydrogens (primary N) is 1. The summed E-state index contributed by atoms with van der Waals surface area (Å²) in [6.07, 6.45) is 1.52. The molecule has 0 bridgehead atoms. The van der Waals surface area contributed by atoms with E-state index in [4.69, 9.17) is 5.73 Å². The van der Waals surface area contributed by atoms with Crippen LogP contribution in [0.5, 0.6) is 0 Å². The number of aromatic nitrogens is 1. The molecule has 0 saturated carbocycles. The van der Waals surface area contributed by atoms with Crippen molar-refractivity contribution in [2.24, 2.45) is 0 Å². The molecule has 94 valence electrons. The minimum absolute atomic E-state index is 0.329. The van der Waals surface area contributed by atoms with Crippen LogP contribution in [0.3, 0.4) is 0 Å². The van der Waals surface area contributed by atoms with E-state index < -0.39 is 5.82 Å². The highest BCUT2D eigenvalue weighted by Crippen LogP contribution is 2.24. The van der Waals surface area contributed by atoms with Crippen LogP contribution in [0.1, 0.15) is 16.1 Å². The van der Waals surface area contributed by atoms with E-state index in [1.807, 2.05) is 0 Å². The summed E-state index contributed by atoms with van der Waals surface area (Å²) < 4.78 is 13.8. The molecule has 0 saturated heterocycles. The number of aryl methyl sites for hydroxylation is 1. The molecular formula is C12H11BrFN3O. The lowest BCUT2D eigenvalue weighted by molar-refractivity contribution is 0.102. The molecule has 1 heterocycles. The van der Waals surface area contributed by atoms with E-state index in [0.29, 0.717) is 21.5 Å². The van der Waals surface area contributed by atoms with Gasteiger partial charge in [-0.1, -0.05) is 0 Å². The van der Waals surface area contributed by atoms with Gasteiger partial charge < -0.3 is 16.0 Å². The number of anilines is 2. The summed E-state index contributed by atoms with van der Waals surface area (Å²) in [5, 5.41) is 2.62. The van der Waals surface area contributed by atoms with Gasteiger partial charge in [0.1, 0.15) is 11.5 Å². The maximum absolute atomic E-state index is 13.4. The Balaban J connectivity index is 2.24. The molecule has 0 spiro atoms. The smallest absolute Gasteiger partial charge is 0.272 e. The van der Waals surface area contributed by atoms with Crippen molar-refractivity contribution in [3.63, 3.8) is 0 Å². The first-order valence-electron chi connectivity index (χ1n) is 5.18. The number of hydrogen-bond donors (Lipinski definition) is 3. The van der Waals surface area contributed by atoms with Crippen molar-refractivity contribution in [1.82, 2.24) is 4.98 Å². The molecule has 4 nitrogen and oxygen atoms in total. The van der Waals surface area contributed by atoms with Crippen molar-refractivity contribution in [3.05, 3.63) is 45.9 Å². The Hall–Kier alpha value is -1.82. The van der Waals surface area contributed by atoms with Crippen molar-refractivity contribution in [2.75, 3.05) is 11.1 Å². The lowest BCUT2D eigenvalue weighted by Crippen LogP contribution is -2.13. The van der Waals surface area contributed by atoms with Gasteiger partial charge in [-0.05, 0) is 46.6 Å². The molecule has 0 fully saturated rings. The third kappa shape index (κ3) is 2.53. The fraction of sp³-hybridized carbons (Fsp3) is 0.0833. The second-order valence-corrected chi connectivity index (χ2v) is 4.74. The Morgan fingerprint density at radius 3 is 2.78 bits per heavy atom. The number of H-pyrrole nitrogens is 1. The fourth-order valence-corrected chi connectivity index (χ4v) is 1.97. The molecule has 1 aromatic carbocycles. The van der Waals surface area contributed by atoms with Crippen LogP contribution in [-0.4, -0.2) is 10.9 Å². The second-order valence-electron chi connectivity index (χ2n) is 3.88. The fourth-order valence-electron chi connectivity index (χ4n) is 1.51. The van der Waals surface area contributed by atoms with Gasteiger partial charge in [0.25, 0.3) is 5.91 Å². The number of aromatic amines is 1. The average Bonchev–Trinajstić information content (AvgIpc) is 2.73. The Morgan fingerprint density at radius 1 is 1.44 bits per heavy atom. The number of rotatable bonds is 2. The molecule has 2 rings (SSSR count). The summed E-state index contributed by atoms with van der Waals surface area (Å²) in [5.74, 6) is -0.793. The number of carbonyl (C=O) groups excluding carboxylic acids is 1. The van der Waals surface area contributed by atoms with E-state index in [2.05, 4.69) is 26.2 Å². The summed E-state index contributed by atoms with van der Waals surface area (Å²) in [4.78, 5) is 14.6. The summed E-state index contributed by atoms with van der Waals surface area (Å²) in [7, 11) is 0. The normalized spacial score (nSPS) is 10.4. The molecule has 0 aliphatic rings. The van der Waals surface area contributed by atoms with Crippen molar-refractivity contribution >= 4 is 33.2 Å². The predicted molar refractivity (Wildman–Crippen MR) is 72.0 cm³/mol. The zero-order chi connectivity index (χ0) is 13.3. The molecule has 0 unspecified atom stereocenters. The lowest BCUT2D eigenvalue weighted by Gasteiger charge is -2.08. The average molecular weight is 312 g/mol. The van der Waals surface area contributed by atoms with Crippen LogP contribution >= 0.6 is 15.9 Å². The highest BCUT2D eigenvalue weighted by Gasteiger charge is 2.11. The summed E-state index contributed by atoms with van der Waals surface area (Å²) in [6, 6.07) is 4.39. The Labute approximate surface area is 112 Å². The number of benzene rings is 1. The first-order chi connectivity index (χ1) is 8.47. The molecule has 0 atom stereocenters. The zero-order valence-corrected chi connectivity index (χ0v) is 11.1.